The Hall–Kier alpha value is -2.89. The molecule has 0 aliphatic rings. The van der Waals surface area contributed by atoms with Gasteiger partial charge in [-0.2, -0.15) is 5.10 Å². The van der Waals surface area contributed by atoms with Crippen molar-refractivity contribution in [3.63, 3.8) is 0 Å². The van der Waals surface area contributed by atoms with Gasteiger partial charge in [0.1, 0.15) is 0 Å². The van der Waals surface area contributed by atoms with Crippen LogP contribution in [0.5, 0.6) is 5.88 Å². The third-order valence-corrected chi connectivity index (χ3v) is 3.00. The van der Waals surface area contributed by atoms with E-state index in [4.69, 9.17) is 4.74 Å². The van der Waals surface area contributed by atoms with Crippen LogP contribution in [0.15, 0.2) is 55.1 Å². The van der Waals surface area contributed by atoms with Crippen molar-refractivity contribution in [2.45, 2.75) is 6.54 Å². The third kappa shape index (κ3) is 3.00. The van der Waals surface area contributed by atoms with Crippen molar-refractivity contribution in [3.8, 4) is 11.7 Å². The number of nitrogens with zero attached hydrogens (tertiary/aromatic N) is 4. The number of nitrogens with one attached hydrogen (secondary N) is 1. The van der Waals surface area contributed by atoms with Gasteiger partial charge in [-0.3, -0.25) is 0 Å². The number of ether oxygens (including phenoxy) is 1. The van der Waals surface area contributed by atoms with Gasteiger partial charge in [-0.15, -0.1) is 0 Å². The highest BCUT2D eigenvalue weighted by Gasteiger charge is 2.05. The number of aromatic nitrogens is 4. The molecule has 3 rings (SSSR count). The summed E-state index contributed by atoms with van der Waals surface area (Å²) in [6, 6.07) is 9.55. The Balaban J connectivity index is 1.76. The average Bonchev–Trinajstić information content (AvgIpc) is 3.08. The van der Waals surface area contributed by atoms with Crippen LogP contribution in [0.4, 0.5) is 5.69 Å². The van der Waals surface area contributed by atoms with E-state index in [0.29, 0.717) is 12.4 Å². The molecule has 0 aliphatic carbocycles. The van der Waals surface area contributed by atoms with Crippen molar-refractivity contribution in [1.82, 2.24) is 19.7 Å². The molecule has 1 N–H and O–H groups in total. The standard InChI is InChI=1S/C15H15N5O/c1-21-14-6-5-12(11-18-14)10-17-13-4-2-7-16-15(13)20-9-3-8-19-20/h2-9,11,17H,10H2,1H3. The van der Waals surface area contributed by atoms with E-state index < -0.39 is 0 Å². The van der Waals surface area contributed by atoms with Crippen LogP contribution in [-0.4, -0.2) is 26.9 Å². The first kappa shape index (κ1) is 13.1. The molecule has 0 aromatic carbocycles. The zero-order valence-corrected chi connectivity index (χ0v) is 11.6. The highest BCUT2D eigenvalue weighted by molar-refractivity contribution is 5.56. The summed E-state index contributed by atoms with van der Waals surface area (Å²) in [5.74, 6) is 1.38. The normalized spacial score (nSPS) is 10.3. The summed E-state index contributed by atoms with van der Waals surface area (Å²) in [7, 11) is 1.60. The van der Waals surface area contributed by atoms with Gasteiger partial charge in [-0.25, -0.2) is 14.6 Å². The molecule has 0 spiro atoms. The predicted molar refractivity (Wildman–Crippen MR) is 79.5 cm³/mol. The number of rotatable bonds is 5. The van der Waals surface area contributed by atoms with Crippen molar-refractivity contribution >= 4 is 5.69 Å². The minimum atomic E-state index is 0.609. The topological polar surface area (TPSA) is 64.9 Å². The molecule has 21 heavy (non-hydrogen) atoms. The third-order valence-electron chi connectivity index (χ3n) is 3.00. The summed E-state index contributed by atoms with van der Waals surface area (Å²) < 4.78 is 6.78. The van der Waals surface area contributed by atoms with Crippen LogP contribution in [0.25, 0.3) is 5.82 Å². The van der Waals surface area contributed by atoms with Gasteiger partial charge in [-0.1, -0.05) is 6.07 Å². The lowest BCUT2D eigenvalue weighted by atomic mass is 10.2. The van der Waals surface area contributed by atoms with Crippen molar-refractivity contribution in [2.24, 2.45) is 0 Å². The number of anilines is 1. The van der Waals surface area contributed by atoms with Crippen LogP contribution in [0, 0.1) is 0 Å². The van der Waals surface area contributed by atoms with E-state index >= 15 is 0 Å². The lowest BCUT2D eigenvalue weighted by Crippen LogP contribution is -2.06. The van der Waals surface area contributed by atoms with E-state index in [9.17, 15) is 0 Å². The second-order valence-corrected chi connectivity index (χ2v) is 4.39. The Kier molecular flexibility index (Phi) is 3.77. The number of hydrogen-bond donors (Lipinski definition) is 1. The van der Waals surface area contributed by atoms with Crippen LogP contribution >= 0.6 is 0 Å². The summed E-state index contributed by atoms with van der Waals surface area (Å²) in [6.07, 6.45) is 7.13. The van der Waals surface area contributed by atoms with Crippen LogP contribution in [0.3, 0.4) is 0 Å². The molecule has 0 aliphatic heterocycles. The van der Waals surface area contributed by atoms with Crippen molar-refractivity contribution in [1.29, 1.82) is 0 Å². The fourth-order valence-electron chi connectivity index (χ4n) is 1.95. The zero-order valence-electron chi connectivity index (χ0n) is 11.6. The lowest BCUT2D eigenvalue weighted by Gasteiger charge is -2.11. The molecule has 106 valence electrons. The van der Waals surface area contributed by atoms with Crippen molar-refractivity contribution < 1.29 is 4.74 Å². The molecule has 0 atom stereocenters. The highest BCUT2D eigenvalue weighted by atomic mass is 16.5. The Labute approximate surface area is 122 Å². The van der Waals surface area contributed by atoms with E-state index in [2.05, 4.69) is 20.4 Å². The predicted octanol–water partition coefficient (Wildman–Crippen LogP) is 2.28. The maximum absolute atomic E-state index is 5.05. The largest absolute Gasteiger partial charge is 0.481 e. The molecule has 3 aromatic heterocycles. The second-order valence-electron chi connectivity index (χ2n) is 4.39. The Morgan fingerprint density at radius 3 is 2.81 bits per heavy atom. The molecular weight excluding hydrogens is 266 g/mol. The van der Waals surface area contributed by atoms with E-state index in [1.165, 1.54) is 0 Å². The summed E-state index contributed by atoms with van der Waals surface area (Å²) in [6.45, 7) is 0.650. The van der Waals surface area contributed by atoms with Gasteiger partial charge < -0.3 is 10.1 Å². The number of methoxy groups -OCH3 is 1. The summed E-state index contributed by atoms with van der Waals surface area (Å²) in [5, 5.41) is 7.56. The van der Waals surface area contributed by atoms with Gasteiger partial charge in [0.25, 0.3) is 0 Å². The van der Waals surface area contributed by atoms with E-state index in [-0.39, 0.29) is 0 Å². The average molecular weight is 281 g/mol. The molecule has 3 heterocycles. The first-order valence-corrected chi connectivity index (χ1v) is 6.54. The quantitative estimate of drug-likeness (QED) is 0.777. The second kappa shape index (κ2) is 6.04. The summed E-state index contributed by atoms with van der Waals surface area (Å²) >= 11 is 0. The molecule has 0 bridgehead atoms. The number of hydrogen-bond acceptors (Lipinski definition) is 5. The van der Waals surface area contributed by atoms with E-state index in [1.807, 2.05) is 36.5 Å². The van der Waals surface area contributed by atoms with E-state index in [1.54, 1.807) is 30.4 Å². The molecule has 0 unspecified atom stereocenters. The zero-order chi connectivity index (χ0) is 14.5. The highest BCUT2D eigenvalue weighted by Crippen LogP contribution is 2.17. The van der Waals surface area contributed by atoms with Gasteiger partial charge in [0.15, 0.2) is 5.82 Å². The monoisotopic (exact) mass is 281 g/mol. The molecule has 0 saturated heterocycles. The van der Waals surface area contributed by atoms with Crippen LogP contribution in [-0.2, 0) is 6.54 Å². The van der Waals surface area contributed by atoms with Gasteiger partial charge in [0, 0.05) is 37.4 Å². The Morgan fingerprint density at radius 2 is 2.10 bits per heavy atom. The van der Waals surface area contributed by atoms with Crippen molar-refractivity contribution in [3.05, 3.63) is 60.7 Å². The van der Waals surface area contributed by atoms with Gasteiger partial charge >= 0.3 is 0 Å². The van der Waals surface area contributed by atoms with Crippen LogP contribution in [0.1, 0.15) is 5.56 Å². The minimum Gasteiger partial charge on any atom is -0.481 e. The smallest absolute Gasteiger partial charge is 0.212 e. The molecule has 0 saturated carbocycles. The molecule has 0 radical (unpaired) electrons. The summed E-state index contributed by atoms with van der Waals surface area (Å²) in [4.78, 5) is 8.55. The number of pyridine rings is 2. The SMILES string of the molecule is COc1ccc(CNc2cccnc2-n2cccn2)cn1. The first-order chi connectivity index (χ1) is 10.4. The molecule has 0 amide bonds. The fraction of sp³-hybridized carbons (Fsp3) is 0.133. The minimum absolute atomic E-state index is 0.609. The molecule has 3 aromatic rings. The fourth-order valence-corrected chi connectivity index (χ4v) is 1.95. The van der Waals surface area contributed by atoms with Gasteiger partial charge in [-0.05, 0) is 23.8 Å². The van der Waals surface area contributed by atoms with Gasteiger partial charge in [0.05, 0.1) is 12.8 Å². The Morgan fingerprint density at radius 1 is 1.14 bits per heavy atom. The Bertz CT molecular complexity index is 694. The molecular formula is C15H15N5O. The summed E-state index contributed by atoms with van der Waals surface area (Å²) in [5.41, 5.74) is 1.98. The maximum atomic E-state index is 5.05. The molecule has 0 fully saturated rings. The van der Waals surface area contributed by atoms with E-state index in [0.717, 1.165) is 17.1 Å². The van der Waals surface area contributed by atoms with Crippen molar-refractivity contribution in [2.75, 3.05) is 12.4 Å². The lowest BCUT2D eigenvalue weighted by molar-refractivity contribution is 0.397. The first-order valence-electron chi connectivity index (χ1n) is 6.54. The molecule has 6 heteroatoms. The maximum Gasteiger partial charge on any atom is 0.212 e. The van der Waals surface area contributed by atoms with Crippen LogP contribution < -0.4 is 10.1 Å². The van der Waals surface area contributed by atoms with Crippen LogP contribution in [0.2, 0.25) is 0 Å². The van der Waals surface area contributed by atoms with Gasteiger partial charge in [0.2, 0.25) is 5.88 Å². The molecule has 6 nitrogen and oxygen atoms in total.